The predicted molar refractivity (Wildman–Crippen MR) is 86.4 cm³/mol. The van der Waals surface area contributed by atoms with Gasteiger partial charge in [-0.05, 0) is 36.4 Å². The second kappa shape index (κ2) is 7.31. The molecule has 5 nitrogen and oxygen atoms in total. The monoisotopic (exact) mass is 302 g/mol. The third-order valence-corrected chi connectivity index (χ3v) is 2.83. The van der Waals surface area contributed by atoms with Crippen molar-refractivity contribution in [1.29, 1.82) is 0 Å². The fourth-order valence-corrected chi connectivity index (χ4v) is 1.62. The zero-order valence-electron chi connectivity index (χ0n) is 11.4. The first-order valence-electron chi connectivity index (χ1n) is 6.32. The molecule has 0 heterocycles. The van der Waals surface area contributed by atoms with Gasteiger partial charge in [0, 0.05) is 11.9 Å². The smallest absolute Gasteiger partial charge is 0.207 e. The summed E-state index contributed by atoms with van der Waals surface area (Å²) >= 11 is 5.81. The van der Waals surface area contributed by atoms with Crippen molar-refractivity contribution in [2.45, 2.75) is 6.92 Å². The summed E-state index contributed by atoms with van der Waals surface area (Å²) in [5, 5.41) is 4.69. The number of nitrogens with zero attached hydrogens (tertiary/aromatic N) is 1. The lowest BCUT2D eigenvalue weighted by atomic mass is 10.3. The minimum atomic E-state index is -0.195. The summed E-state index contributed by atoms with van der Waals surface area (Å²) in [6.07, 6.45) is 0. The van der Waals surface area contributed by atoms with E-state index >= 15 is 0 Å². The van der Waals surface area contributed by atoms with Gasteiger partial charge in [-0.2, -0.15) is 5.10 Å². The average Bonchev–Trinajstić information content (AvgIpc) is 2.49. The van der Waals surface area contributed by atoms with Gasteiger partial charge in [-0.15, -0.1) is 0 Å². The van der Waals surface area contributed by atoms with E-state index in [1.54, 1.807) is 24.3 Å². The number of anilines is 2. The van der Waals surface area contributed by atoms with E-state index in [9.17, 15) is 4.79 Å². The van der Waals surface area contributed by atoms with Crippen molar-refractivity contribution in [3.63, 3.8) is 0 Å². The molecular formula is C15H15ClN4O. The first-order valence-corrected chi connectivity index (χ1v) is 6.70. The third-order valence-electron chi connectivity index (χ3n) is 2.57. The van der Waals surface area contributed by atoms with Crippen LogP contribution in [0.4, 0.5) is 11.4 Å². The summed E-state index contributed by atoms with van der Waals surface area (Å²) in [6, 6.07) is 16.4. The highest BCUT2D eigenvalue weighted by atomic mass is 35.5. The molecular weight excluding hydrogens is 288 g/mol. The molecule has 0 amide bonds. The van der Waals surface area contributed by atoms with Crippen molar-refractivity contribution in [3.05, 3.63) is 59.6 Å². The second-order valence-electron chi connectivity index (χ2n) is 4.25. The van der Waals surface area contributed by atoms with Gasteiger partial charge in [0.1, 0.15) is 0 Å². The summed E-state index contributed by atoms with van der Waals surface area (Å²) in [7, 11) is 0. The van der Waals surface area contributed by atoms with Crippen molar-refractivity contribution in [3.8, 4) is 0 Å². The van der Waals surface area contributed by atoms with Gasteiger partial charge in [0.2, 0.25) is 5.84 Å². The minimum absolute atomic E-state index is 0.175. The molecule has 0 radical (unpaired) electrons. The maximum absolute atomic E-state index is 11.5. The molecule has 0 fully saturated rings. The second-order valence-corrected chi connectivity index (χ2v) is 4.69. The van der Waals surface area contributed by atoms with E-state index in [1.165, 1.54) is 6.92 Å². The molecule has 0 saturated heterocycles. The summed E-state index contributed by atoms with van der Waals surface area (Å²) in [5.74, 6) is -0.0197. The fraction of sp³-hybridized carbons (Fsp3) is 0.0667. The predicted octanol–water partition coefficient (Wildman–Crippen LogP) is 3.27. The van der Waals surface area contributed by atoms with Crippen LogP contribution in [0.3, 0.4) is 0 Å². The number of hydrogen-bond acceptors (Lipinski definition) is 4. The maximum atomic E-state index is 11.5. The molecule has 0 aliphatic rings. The number of benzene rings is 2. The fourth-order valence-electron chi connectivity index (χ4n) is 1.49. The summed E-state index contributed by atoms with van der Waals surface area (Å²) < 4.78 is 0. The number of amidine groups is 1. The van der Waals surface area contributed by atoms with E-state index in [-0.39, 0.29) is 11.6 Å². The van der Waals surface area contributed by atoms with Crippen molar-refractivity contribution in [2.75, 3.05) is 10.9 Å². The summed E-state index contributed by atoms with van der Waals surface area (Å²) in [4.78, 5) is 11.5. The molecule has 2 aromatic carbocycles. The first-order chi connectivity index (χ1) is 10.1. The molecule has 6 heteroatoms. The lowest BCUT2D eigenvalue weighted by molar-refractivity contribution is -0.111. The van der Waals surface area contributed by atoms with Gasteiger partial charge >= 0.3 is 0 Å². The van der Waals surface area contributed by atoms with E-state index in [0.29, 0.717) is 5.02 Å². The largest absolute Gasteiger partial charge is 0.299 e. The van der Waals surface area contributed by atoms with Gasteiger partial charge < -0.3 is 0 Å². The molecule has 3 N–H and O–H groups in total. The topological polar surface area (TPSA) is 65.5 Å². The van der Waals surface area contributed by atoms with E-state index in [4.69, 9.17) is 11.6 Å². The zero-order chi connectivity index (χ0) is 15.1. The highest BCUT2D eigenvalue weighted by Gasteiger charge is 2.05. The Balaban J connectivity index is 1.99. The molecule has 0 spiro atoms. The molecule has 0 unspecified atom stereocenters. The van der Waals surface area contributed by atoms with Crippen LogP contribution in [0, 0.1) is 0 Å². The van der Waals surface area contributed by atoms with E-state index in [2.05, 4.69) is 21.4 Å². The van der Waals surface area contributed by atoms with Crippen LogP contribution in [0.1, 0.15) is 6.92 Å². The zero-order valence-corrected chi connectivity index (χ0v) is 12.2. The number of para-hydroxylation sites is 1. The standard InChI is InChI=1S/C15H15ClN4O/c1-11(21)15(19-17-13-5-3-2-4-6-13)20-18-14-9-7-12(16)8-10-14/h2-10,17-18H,1H3,(H,19,20). The van der Waals surface area contributed by atoms with Crippen molar-refractivity contribution >= 4 is 34.6 Å². The highest BCUT2D eigenvalue weighted by Crippen LogP contribution is 2.12. The Bertz CT molecular complexity index is 626. The van der Waals surface area contributed by atoms with E-state index in [1.807, 2.05) is 30.3 Å². The molecule has 0 aliphatic heterocycles. The Morgan fingerprint density at radius 2 is 1.67 bits per heavy atom. The quantitative estimate of drug-likeness (QED) is 0.450. The summed E-state index contributed by atoms with van der Waals surface area (Å²) in [6.45, 7) is 1.43. The average molecular weight is 303 g/mol. The number of Topliss-reactive ketones (excluding diaryl/α,β-unsaturated/α-hetero) is 1. The molecule has 21 heavy (non-hydrogen) atoms. The van der Waals surface area contributed by atoms with Crippen LogP contribution >= 0.6 is 11.6 Å². The van der Waals surface area contributed by atoms with Gasteiger partial charge in [-0.25, -0.2) is 0 Å². The van der Waals surface area contributed by atoms with Crippen molar-refractivity contribution < 1.29 is 4.79 Å². The molecule has 108 valence electrons. The molecule has 0 bridgehead atoms. The number of hydrogen-bond donors (Lipinski definition) is 3. The molecule has 0 aromatic heterocycles. The SMILES string of the molecule is CC(=O)/C(=N\Nc1ccccc1)NNc1ccc(Cl)cc1. The Morgan fingerprint density at radius 3 is 2.29 bits per heavy atom. The van der Waals surface area contributed by atoms with Crippen LogP contribution < -0.4 is 16.3 Å². The molecule has 0 atom stereocenters. The third kappa shape index (κ3) is 4.81. The van der Waals surface area contributed by atoms with Crippen molar-refractivity contribution in [2.24, 2.45) is 5.10 Å². The number of carbonyl (C=O) groups excluding carboxylic acids is 1. The van der Waals surface area contributed by atoms with Crippen LogP contribution in [0.2, 0.25) is 5.02 Å². The number of hydrazine groups is 1. The normalized spacial score (nSPS) is 10.9. The Kier molecular flexibility index (Phi) is 5.17. The minimum Gasteiger partial charge on any atom is -0.299 e. The number of nitrogens with one attached hydrogen (secondary N) is 3. The lowest BCUT2D eigenvalue weighted by Crippen LogP contribution is -2.35. The Morgan fingerprint density at radius 1 is 1.00 bits per heavy atom. The van der Waals surface area contributed by atoms with Gasteiger partial charge in [0.25, 0.3) is 0 Å². The van der Waals surface area contributed by atoms with Gasteiger partial charge in [-0.3, -0.25) is 21.1 Å². The summed E-state index contributed by atoms with van der Waals surface area (Å²) in [5.41, 5.74) is 10.0. The first kappa shape index (κ1) is 14.9. The van der Waals surface area contributed by atoms with Crippen LogP contribution in [-0.2, 0) is 4.79 Å². The number of rotatable bonds is 5. The van der Waals surface area contributed by atoms with Gasteiger partial charge in [0.05, 0.1) is 11.4 Å². The number of halogens is 1. The van der Waals surface area contributed by atoms with Crippen molar-refractivity contribution in [1.82, 2.24) is 5.43 Å². The van der Waals surface area contributed by atoms with E-state index < -0.39 is 0 Å². The Labute approximate surface area is 128 Å². The number of hydrazone groups is 1. The van der Waals surface area contributed by atoms with Crippen LogP contribution in [0.15, 0.2) is 59.7 Å². The number of carbonyl (C=O) groups is 1. The lowest BCUT2D eigenvalue weighted by Gasteiger charge is -2.10. The van der Waals surface area contributed by atoms with Crippen LogP contribution in [-0.4, -0.2) is 11.6 Å². The molecule has 2 aromatic rings. The molecule has 0 saturated carbocycles. The van der Waals surface area contributed by atoms with E-state index in [0.717, 1.165) is 11.4 Å². The van der Waals surface area contributed by atoms with Crippen LogP contribution in [0.25, 0.3) is 0 Å². The number of ketones is 1. The van der Waals surface area contributed by atoms with Gasteiger partial charge in [0.15, 0.2) is 5.78 Å². The Hall–Kier alpha value is -2.53. The molecule has 2 rings (SSSR count). The highest BCUT2D eigenvalue weighted by molar-refractivity contribution is 6.38. The van der Waals surface area contributed by atoms with Crippen LogP contribution in [0.5, 0.6) is 0 Å². The maximum Gasteiger partial charge on any atom is 0.207 e. The molecule has 0 aliphatic carbocycles. The van der Waals surface area contributed by atoms with Gasteiger partial charge in [-0.1, -0.05) is 29.8 Å².